The second-order valence-corrected chi connectivity index (χ2v) is 7.70. The summed E-state index contributed by atoms with van der Waals surface area (Å²) in [6.07, 6.45) is 2.45. The van der Waals surface area contributed by atoms with Gasteiger partial charge < -0.3 is 4.74 Å². The highest BCUT2D eigenvalue weighted by Gasteiger charge is 2.11. The first kappa shape index (κ1) is 23.2. The molecule has 0 radical (unpaired) electrons. The van der Waals surface area contributed by atoms with Crippen molar-refractivity contribution in [2.75, 3.05) is 0 Å². The molecule has 0 atom stereocenters. The normalized spacial score (nSPS) is 11.1. The second-order valence-electron chi connectivity index (χ2n) is 7.70. The average Bonchev–Trinajstić information content (AvgIpc) is 2.75. The zero-order valence-electron chi connectivity index (χ0n) is 19.0. The van der Waals surface area contributed by atoms with Gasteiger partial charge in [-0.3, -0.25) is 0 Å². The lowest BCUT2D eigenvalue weighted by atomic mass is 10.0. The van der Waals surface area contributed by atoms with Gasteiger partial charge >= 0.3 is 0 Å². The van der Waals surface area contributed by atoms with Crippen LogP contribution in [-0.2, 0) is 6.42 Å². The number of rotatable bonds is 6. The summed E-state index contributed by atoms with van der Waals surface area (Å²) >= 11 is 0. The lowest BCUT2D eigenvalue weighted by Crippen LogP contribution is -2.01. The van der Waals surface area contributed by atoms with Crippen LogP contribution in [0, 0.1) is 13.8 Å². The topological polar surface area (TPSA) is 9.23 Å². The zero-order chi connectivity index (χ0) is 21.9. The molecule has 0 saturated carbocycles. The van der Waals surface area contributed by atoms with Crippen LogP contribution in [0.25, 0.3) is 5.76 Å². The zero-order valence-corrected chi connectivity index (χ0v) is 19.0. The van der Waals surface area contributed by atoms with Crippen molar-refractivity contribution in [2.24, 2.45) is 0 Å². The number of hydrogen-bond acceptors (Lipinski definition) is 1. The fourth-order valence-corrected chi connectivity index (χ4v) is 3.00. The fraction of sp³-hybridized carbons (Fsp3) is 0.241. The molecule has 0 N–H and O–H groups in total. The Morgan fingerprint density at radius 2 is 1.40 bits per heavy atom. The summed E-state index contributed by atoms with van der Waals surface area (Å²) < 4.78 is 6.12. The SMILES string of the molecule is C=C(C)/C(C)=C(\Oc1ccccc1)c1ccccc1C.CCCc1ccc(C)cc1. The molecule has 0 unspecified atom stereocenters. The van der Waals surface area contributed by atoms with E-state index in [0.717, 1.165) is 28.2 Å². The molecule has 0 saturated heterocycles. The van der Waals surface area contributed by atoms with E-state index < -0.39 is 0 Å². The highest BCUT2D eigenvalue weighted by Crippen LogP contribution is 2.28. The van der Waals surface area contributed by atoms with Crippen molar-refractivity contribution in [3.63, 3.8) is 0 Å². The molecule has 0 bridgehead atoms. The lowest BCUT2D eigenvalue weighted by Gasteiger charge is -2.16. The van der Waals surface area contributed by atoms with E-state index in [1.165, 1.54) is 29.5 Å². The summed E-state index contributed by atoms with van der Waals surface area (Å²) in [6, 6.07) is 26.9. The fourth-order valence-electron chi connectivity index (χ4n) is 3.00. The van der Waals surface area contributed by atoms with Crippen molar-refractivity contribution in [3.05, 3.63) is 119 Å². The van der Waals surface area contributed by atoms with Crippen LogP contribution < -0.4 is 4.74 Å². The maximum atomic E-state index is 6.12. The van der Waals surface area contributed by atoms with Crippen LogP contribution in [0.15, 0.2) is 96.6 Å². The third-order valence-corrected chi connectivity index (χ3v) is 4.99. The van der Waals surface area contributed by atoms with E-state index in [2.05, 4.69) is 63.7 Å². The number of para-hydroxylation sites is 1. The molecule has 3 aromatic rings. The minimum absolute atomic E-state index is 0.839. The van der Waals surface area contributed by atoms with Gasteiger partial charge in [0.05, 0.1) is 0 Å². The minimum Gasteiger partial charge on any atom is -0.456 e. The summed E-state index contributed by atoms with van der Waals surface area (Å²) in [4.78, 5) is 0. The van der Waals surface area contributed by atoms with E-state index in [4.69, 9.17) is 4.74 Å². The number of aryl methyl sites for hydroxylation is 3. The Morgan fingerprint density at radius 1 is 0.800 bits per heavy atom. The van der Waals surface area contributed by atoms with Crippen LogP contribution in [0.4, 0.5) is 0 Å². The Morgan fingerprint density at radius 3 is 1.97 bits per heavy atom. The maximum Gasteiger partial charge on any atom is 0.138 e. The molecule has 0 aliphatic heterocycles. The Bertz CT molecular complexity index is 963. The highest BCUT2D eigenvalue weighted by atomic mass is 16.5. The predicted molar refractivity (Wildman–Crippen MR) is 131 cm³/mol. The van der Waals surface area contributed by atoms with Crippen molar-refractivity contribution in [1.29, 1.82) is 0 Å². The van der Waals surface area contributed by atoms with E-state index in [9.17, 15) is 0 Å². The molecule has 3 rings (SSSR count). The molecule has 0 aliphatic rings. The quantitative estimate of drug-likeness (QED) is 0.299. The van der Waals surface area contributed by atoms with E-state index in [1.807, 2.05) is 56.3 Å². The van der Waals surface area contributed by atoms with E-state index >= 15 is 0 Å². The number of benzene rings is 3. The summed E-state index contributed by atoms with van der Waals surface area (Å²) in [5, 5.41) is 0. The van der Waals surface area contributed by atoms with Gasteiger partial charge in [-0.25, -0.2) is 0 Å². The van der Waals surface area contributed by atoms with Gasteiger partial charge in [0.1, 0.15) is 11.5 Å². The van der Waals surface area contributed by atoms with Crippen LogP contribution in [0.5, 0.6) is 5.75 Å². The highest BCUT2D eigenvalue weighted by molar-refractivity contribution is 5.70. The van der Waals surface area contributed by atoms with Crippen molar-refractivity contribution in [1.82, 2.24) is 0 Å². The van der Waals surface area contributed by atoms with Gasteiger partial charge in [-0.2, -0.15) is 0 Å². The number of hydrogen-bond donors (Lipinski definition) is 0. The van der Waals surface area contributed by atoms with E-state index in [-0.39, 0.29) is 0 Å². The van der Waals surface area contributed by atoms with Crippen LogP contribution >= 0.6 is 0 Å². The van der Waals surface area contributed by atoms with E-state index in [1.54, 1.807) is 0 Å². The molecule has 3 aromatic carbocycles. The molecular formula is C29H34O. The molecular weight excluding hydrogens is 364 g/mol. The second kappa shape index (κ2) is 11.8. The third kappa shape index (κ3) is 7.08. The standard InChI is InChI=1S/C19H20O.C10H14/c1-14(2)16(4)19(18-13-9-8-10-15(18)3)20-17-11-6-5-7-12-17;1-3-4-10-7-5-9(2)6-8-10/h5-13H,1H2,2-4H3;5-8H,3-4H2,1-2H3/b19-16-;. The van der Waals surface area contributed by atoms with Crippen molar-refractivity contribution in [2.45, 2.75) is 47.5 Å². The number of allylic oxidation sites excluding steroid dienone is 2. The number of ether oxygens (including phenoxy) is 1. The van der Waals surface area contributed by atoms with Gasteiger partial charge in [0.15, 0.2) is 0 Å². The Balaban J connectivity index is 0.000000269. The van der Waals surface area contributed by atoms with Crippen molar-refractivity contribution < 1.29 is 4.74 Å². The minimum atomic E-state index is 0.839. The molecule has 0 amide bonds. The van der Waals surface area contributed by atoms with Crippen molar-refractivity contribution in [3.8, 4) is 5.75 Å². The average molecular weight is 399 g/mol. The Labute approximate surface area is 182 Å². The molecule has 30 heavy (non-hydrogen) atoms. The van der Waals surface area contributed by atoms with Gasteiger partial charge in [0.2, 0.25) is 0 Å². The predicted octanol–water partition coefficient (Wildman–Crippen LogP) is 8.33. The Hall–Kier alpha value is -3.06. The first-order chi connectivity index (χ1) is 14.4. The van der Waals surface area contributed by atoms with Gasteiger partial charge in [-0.05, 0) is 62.9 Å². The molecule has 156 valence electrons. The van der Waals surface area contributed by atoms with Crippen LogP contribution in [0.1, 0.15) is 49.4 Å². The summed E-state index contributed by atoms with van der Waals surface area (Å²) in [7, 11) is 0. The van der Waals surface area contributed by atoms with Crippen LogP contribution in [0.2, 0.25) is 0 Å². The largest absolute Gasteiger partial charge is 0.456 e. The van der Waals surface area contributed by atoms with Crippen molar-refractivity contribution >= 4 is 5.76 Å². The molecule has 0 heterocycles. The molecule has 1 nitrogen and oxygen atoms in total. The maximum absolute atomic E-state index is 6.12. The van der Waals surface area contributed by atoms with E-state index in [0.29, 0.717) is 0 Å². The molecule has 0 fully saturated rings. The molecule has 0 spiro atoms. The smallest absolute Gasteiger partial charge is 0.138 e. The van der Waals surface area contributed by atoms with Gasteiger partial charge in [-0.15, -0.1) is 0 Å². The van der Waals surface area contributed by atoms with Crippen LogP contribution in [0.3, 0.4) is 0 Å². The summed E-state index contributed by atoms with van der Waals surface area (Å²) in [5.74, 6) is 1.72. The Kier molecular flexibility index (Phi) is 9.15. The van der Waals surface area contributed by atoms with Crippen LogP contribution in [-0.4, -0.2) is 0 Å². The molecule has 1 heteroatoms. The third-order valence-electron chi connectivity index (χ3n) is 4.99. The lowest BCUT2D eigenvalue weighted by molar-refractivity contribution is 0.510. The van der Waals surface area contributed by atoms with Gasteiger partial charge in [0.25, 0.3) is 0 Å². The van der Waals surface area contributed by atoms with Gasteiger partial charge in [-0.1, -0.05) is 97.8 Å². The first-order valence-corrected chi connectivity index (χ1v) is 10.6. The molecule has 0 aliphatic carbocycles. The summed E-state index contributed by atoms with van der Waals surface area (Å²) in [6.45, 7) is 14.5. The van der Waals surface area contributed by atoms with Gasteiger partial charge in [0, 0.05) is 5.56 Å². The monoisotopic (exact) mass is 398 g/mol. The first-order valence-electron chi connectivity index (χ1n) is 10.6. The molecule has 0 aromatic heterocycles. The summed E-state index contributed by atoms with van der Waals surface area (Å²) in [5.41, 5.74) is 7.19.